The lowest BCUT2D eigenvalue weighted by Crippen LogP contribution is -2.06. The van der Waals surface area contributed by atoms with E-state index in [1.807, 2.05) is 16.7 Å². The summed E-state index contributed by atoms with van der Waals surface area (Å²) in [5.74, 6) is -0.209. The fraction of sp³-hybridized carbons (Fsp3) is 0.188. The normalized spacial score (nSPS) is 11.0. The first-order chi connectivity index (χ1) is 10.7. The molecule has 22 heavy (non-hydrogen) atoms. The number of hydrogen-bond donors (Lipinski definition) is 1. The minimum absolute atomic E-state index is 0.224. The van der Waals surface area contributed by atoms with Crippen molar-refractivity contribution in [2.24, 2.45) is 0 Å². The third kappa shape index (κ3) is 2.56. The van der Waals surface area contributed by atoms with Crippen LogP contribution in [-0.4, -0.2) is 39.3 Å². The van der Waals surface area contributed by atoms with Crippen LogP contribution in [-0.2, 0) is 11.3 Å². The molecule has 0 atom stereocenters. The first kappa shape index (κ1) is 14.2. The summed E-state index contributed by atoms with van der Waals surface area (Å²) in [7, 11) is 1.64. The topological polar surface area (TPSA) is 77.2 Å². The Kier molecular flexibility index (Phi) is 3.84. The van der Waals surface area contributed by atoms with Gasteiger partial charge in [-0.2, -0.15) is 0 Å². The Labute approximate surface area is 127 Å². The zero-order chi connectivity index (χ0) is 15.5. The van der Waals surface area contributed by atoms with Crippen LogP contribution in [0.5, 0.6) is 0 Å². The van der Waals surface area contributed by atoms with E-state index in [1.54, 1.807) is 37.7 Å². The summed E-state index contributed by atoms with van der Waals surface area (Å²) in [6, 6.07) is 8.72. The first-order valence-electron chi connectivity index (χ1n) is 6.83. The molecule has 0 saturated heterocycles. The molecule has 112 valence electrons. The summed E-state index contributed by atoms with van der Waals surface area (Å²) in [6.45, 7) is 1.17. The second kappa shape index (κ2) is 5.95. The van der Waals surface area contributed by atoms with Crippen molar-refractivity contribution in [2.45, 2.75) is 6.54 Å². The lowest BCUT2D eigenvalue weighted by atomic mass is 10.2. The summed E-state index contributed by atoms with van der Waals surface area (Å²) in [5, 5.41) is 9.11. The molecule has 0 radical (unpaired) electrons. The van der Waals surface area contributed by atoms with Crippen LogP contribution < -0.4 is 0 Å². The molecule has 0 saturated carbocycles. The van der Waals surface area contributed by atoms with E-state index in [1.165, 1.54) is 0 Å². The summed E-state index contributed by atoms with van der Waals surface area (Å²) in [4.78, 5) is 19.8. The second-order valence-corrected chi connectivity index (χ2v) is 4.83. The molecule has 1 N–H and O–H groups in total. The highest BCUT2D eigenvalue weighted by Crippen LogP contribution is 2.25. The highest BCUT2D eigenvalue weighted by Gasteiger charge is 2.14. The Balaban J connectivity index is 2.18. The predicted octanol–water partition coefficient (Wildman–Crippen LogP) is 2.44. The maximum absolute atomic E-state index is 11.1. The van der Waals surface area contributed by atoms with Crippen LogP contribution in [0.4, 0.5) is 0 Å². The number of nitrogens with zero attached hydrogens (tertiary/aromatic N) is 3. The molecule has 6 nitrogen and oxygen atoms in total. The van der Waals surface area contributed by atoms with Gasteiger partial charge in [0.25, 0.3) is 0 Å². The van der Waals surface area contributed by atoms with Gasteiger partial charge in [-0.15, -0.1) is 0 Å². The van der Waals surface area contributed by atoms with E-state index in [0.29, 0.717) is 18.7 Å². The van der Waals surface area contributed by atoms with Crippen LogP contribution >= 0.6 is 0 Å². The smallest absolute Gasteiger partial charge is 0.335 e. The van der Waals surface area contributed by atoms with Crippen molar-refractivity contribution in [3.63, 3.8) is 0 Å². The van der Waals surface area contributed by atoms with Gasteiger partial charge >= 0.3 is 5.97 Å². The molecular weight excluding hydrogens is 282 g/mol. The Bertz CT molecular complexity index is 812. The monoisotopic (exact) mass is 297 g/mol. The molecule has 3 rings (SSSR count). The fourth-order valence-electron chi connectivity index (χ4n) is 2.39. The second-order valence-electron chi connectivity index (χ2n) is 4.83. The number of hydrogen-bond acceptors (Lipinski definition) is 4. The molecule has 0 amide bonds. The van der Waals surface area contributed by atoms with Crippen molar-refractivity contribution in [1.29, 1.82) is 0 Å². The van der Waals surface area contributed by atoms with Gasteiger partial charge in [0, 0.05) is 31.6 Å². The molecule has 3 aromatic rings. The molecule has 0 unspecified atom stereocenters. The number of methoxy groups -OCH3 is 1. The minimum atomic E-state index is -0.962. The van der Waals surface area contributed by atoms with Crippen molar-refractivity contribution in [3.05, 3.63) is 48.3 Å². The Morgan fingerprint density at radius 1 is 1.36 bits per heavy atom. The lowest BCUT2D eigenvalue weighted by Gasteiger charge is -2.08. The summed E-state index contributed by atoms with van der Waals surface area (Å²) in [5.41, 5.74) is 2.63. The molecule has 2 aromatic heterocycles. The van der Waals surface area contributed by atoms with Gasteiger partial charge in [-0.25, -0.2) is 9.78 Å². The Morgan fingerprint density at radius 3 is 2.91 bits per heavy atom. The van der Waals surface area contributed by atoms with Gasteiger partial charge in [0.05, 0.1) is 23.2 Å². The van der Waals surface area contributed by atoms with E-state index in [4.69, 9.17) is 9.84 Å². The van der Waals surface area contributed by atoms with E-state index >= 15 is 0 Å². The number of ether oxygens (including phenoxy) is 1. The number of pyridine rings is 1. The lowest BCUT2D eigenvalue weighted by molar-refractivity contribution is 0.0697. The Hall–Kier alpha value is -2.73. The zero-order valence-electron chi connectivity index (χ0n) is 12.1. The molecule has 0 spiro atoms. The quantitative estimate of drug-likeness (QED) is 0.782. The molecule has 0 fully saturated rings. The van der Waals surface area contributed by atoms with Crippen molar-refractivity contribution >= 4 is 17.0 Å². The van der Waals surface area contributed by atoms with Crippen LogP contribution in [0.25, 0.3) is 22.4 Å². The minimum Gasteiger partial charge on any atom is -0.478 e. The van der Waals surface area contributed by atoms with Crippen molar-refractivity contribution < 1.29 is 14.6 Å². The van der Waals surface area contributed by atoms with Crippen molar-refractivity contribution in [2.75, 3.05) is 13.7 Å². The average Bonchev–Trinajstić information content (AvgIpc) is 2.91. The molecule has 0 aliphatic heterocycles. The average molecular weight is 297 g/mol. The number of imidazole rings is 1. The number of carboxylic acid groups (broad SMARTS) is 1. The van der Waals surface area contributed by atoms with Crippen LogP contribution in [0.2, 0.25) is 0 Å². The van der Waals surface area contributed by atoms with Crippen molar-refractivity contribution in [1.82, 2.24) is 14.5 Å². The SMILES string of the molecule is COCCn1c(-c2cccnc2)nc2cc(C(=O)O)ccc21. The number of benzene rings is 1. The molecular formula is C16H15N3O3. The first-order valence-corrected chi connectivity index (χ1v) is 6.83. The molecule has 2 heterocycles. The number of carbonyl (C=O) groups is 1. The molecule has 0 bridgehead atoms. The standard InChI is InChI=1S/C16H15N3O3/c1-22-8-7-19-14-5-4-11(16(20)21)9-13(14)18-15(19)12-3-2-6-17-10-12/h2-6,9-10H,7-8H2,1H3,(H,20,21). The maximum Gasteiger partial charge on any atom is 0.335 e. The van der Waals surface area contributed by atoms with Gasteiger partial charge in [0.1, 0.15) is 5.82 Å². The van der Waals surface area contributed by atoms with Crippen LogP contribution in [0.3, 0.4) is 0 Å². The molecule has 1 aromatic carbocycles. The summed E-state index contributed by atoms with van der Waals surface area (Å²) in [6.07, 6.45) is 3.44. The highest BCUT2D eigenvalue weighted by atomic mass is 16.5. The number of aromatic nitrogens is 3. The van der Waals surface area contributed by atoms with E-state index in [9.17, 15) is 4.79 Å². The molecule has 0 aliphatic carbocycles. The van der Waals surface area contributed by atoms with Gasteiger partial charge < -0.3 is 14.4 Å². The van der Waals surface area contributed by atoms with Gasteiger partial charge in [-0.1, -0.05) is 0 Å². The fourth-order valence-corrected chi connectivity index (χ4v) is 2.39. The maximum atomic E-state index is 11.1. The Morgan fingerprint density at radius 2 is 2.23 bits per heavy atom. The third-order valence-electron chi connectivity index (χ3n) is 3.43. The highest BCUT2D eigenvalue weighted by molar-refractivity contribution is 5.93. The van der Waals surface area contributed by atoms with Gasteiger partial charge in [-0.3, -0.25) is 4.98 Å². The van der Waals surface area contributed by atoms with E-state index in [-0.39, 0.29) is 5.56 Å². The van der Waals surface area contributed by atoms with Gasteiger partial charge in [-0.05, 0) is 30.3 Å². The third-order valence-corrected chi connectivity index (χ3v) is 3.43. The molecule has 6 heteroatoms. The number of carboxylic acids is 1. The summed E-state index contributed by atoms with van der Waals surface area (Å²) < 4.78 is 7.17. The van der Waals surface area contributed by atoms with Gasteiger partial charge in [0.2, 0.25) is 0 Å². The number of fused-ring (bicyclic) bond motifs is 1. The number of rotatable bonds is 5. The van der Waals surface area contributed by atoms with E-state index in [2.05, 4.69) is 9.97 Å². The van der Waals surface area contributed by atoms with E-state index < -0.39 is 5.97 Å². The number of aromatic carboxylic acids is 1. The predicted molar refractivity (Wildman–Crippen MR) is 81.8 cm³/mol. The summed E-state index contributed by atoms with van der Waals surface area (Å²) >= 11 is 0. The van der Waals surface area contributed by atoms with Crippen LogP contribution in [0.1, 0.15) is 10.4 Å². The van der Waals surface area contributed by atoms with Crippen molar-refractivity contribution in [3.8, 4) is 11.4 Å². The molecule has 0 aliphatic rings. The van der Waals surface area contributed by atoms with Gasteiger partial charge in [0.15, 0.2) is 0 Å². The zero-order valence-corrected chi connectivity index (χ0v) is 12.1. The van der Waals surface area contributed by atoms with E-state index in [0.717, 1.165) is 16.9 Å². The van der Waals surface area contributed by atoms with Crippen LogP contribution in [0.15, 0.2) is 42.7 Å². The van der Waals surface area contributed by atoms with Crippen LogP contribution in [0, 0.1) is 0 Å². The largest absolute Gasteiger partial charge is 0.478 e.